The van der Waals surface area contributed by atoms with E-state index in [0.29, 0.717) is 16.0 Å². The second-order valence-electron chi connectivity index (χ2n) is 5.56. The van der Waals surface area contributed by atoms with Crippen LogP contribution in [0.4, 0.5) is 0 Å². The molecule has 0 bridgehead atoms. The molecule has 2 rings (SSSR count). The van der Waals surface area contributed by atoms with Gasteiger partial charge in [-0.05, 0) is 44.0 Å². The molecule has 0 unspecified atom stereocenters. The van der Waals surface area contributed by atoms with E-state index in [2.05, 4.69) is 9.89 Å². The molecule has 8 heteroatoms. The molecular formula is C18H19NO5S2. The summed E-state index contributed by atoms with van der Waals surface area (Å²) < 4.78 is 34.6. The van der Waals surface area contributed by atoms with Crippen molar-refractivity contribution in [3.05, 3.63) is 59.2 Å². The van der Waals surface area contributed by atoms with Gasteiger partial charge in [-0.3, -0.25) is 4.28 Å². The fourth-order valence-corrected chi connectivity index (χ4v) is 4.42. The number of methoxy groups -OCH3 is 1. The Kier molecular flexibility index (Phi) is 6.44. The first kappa shape index (κ1) is 20.0. The van der Waals surface area contributed by atoms with Crippen molar-refractivity contribution in [3.8, 4) is 0 Å². The van der Waals surface area contributed by atoms with Gasteiger partial charge in [0, 0.05) is 4.90 Å². The van der Waals surface area contributed by atoms with E-state index in [9.17, 15) is 13.2 Å². The number of oxime groups is 1. The molecule has 0 saturated heterocycles. The van der Waals surface area contributed by atoms with Crippen LogP contribution in [0.25, 0.3) is 0 Å². The molecule has 0 atom stereocenters. The van der Waals surface area contributed by atoms with Crippen molar-refractivity contribution in [1.82, 2.24) is 0 Å². The van der Waals surface area contributed by atoms with Crippen LogP contribution in [0.15, 0.2) is 57.4 Å². The van der Waals surface area contributed by atoms with Crippen LogP contribution in [0.5, 0.6) is 0 Å². The third-order valence-electron chi connectivity index (χ3n) is 3.39. The fourth-order valence-electron chi connectivity index (χ4n) is 2.47. The Morgan fingerprint density at radius 3 is 2.15 bits per heavy atom. The van der Waals surface area contributed by atoms with Crippen LogP contribution >= 0.6 is 11.8 Å². The van der Waals surface area contributed by atoms with Gasteiger partial charge in [0.2, 0.25) is 5.04 Å². The molecule has 0 aliphatic rings. The van der Waals surface area contributed by atoms with Gasteiger partial charge in [-0.15, -0.1) is 0 Å². The predicted octanol–water partition coefficient (Wildman–Crippen LogP) is 3.60. The maximum absolute atomic E-state index is 12.6. The van der Waals surface area contributed by atoms with Gasteiger partial charge >= 0.3 is 16.1 Å². The molecule has 0 aliphatic heterocycles. The zero-order valence-electron chi connectivity index (χ0n) is 14.8. The van der Waals surface area contributed by atoms with Crippen molar-refractivity contribution in [2.75, 3.05) is 7.11 Å². The SMILES string of the molecule is COC(=O)/C(=N/OS(=O)(=O)c1c(C)cc(C)cc1C)Sc1ccccc1. The summed E-state index contributed by atoms with van der Waals surface area (Å²) in [6, 6.07) is 12.4. The lowest BCUT2D eigenvalue weighted by atomic mass is 10.1. The quantitative estimate of drug-likeness (QED) is 0.260. The summed E-state index contributed by atoms with van der Waals surface area (Å²) in [4.78, 5) is 12.6. The summed E-state index contributed by atoms with van der Waals surface area (Å²) in [5.41, 5.74) is 2.04. The molecule has 0 spiro atoms. The molecule has 2 aromatic rings. The summed E-state index contributed by atoms with van der Waals surface area (Å²) in [7, 11) is -2.99. The van der Waals surface area contributed by atoms with Crippen LogP contribution in [0.3, 0.4) is 0 Å². The summed E-state index contributed by atoms with van der Waals surface area (Å²) in [5, 5.41) is 3.34. The van der Waals surface area contributed by atoms with Crippen LogP contribution in [0.1, 0.15) is 16.7 Å². The van der Waals surface area contributed by atoms with E-state index in [4.69, 9.17) is 4.28 Å². The summed E-state index contributed by atoms with van der Waals surface area (Å²) >= 11 is 0.954. The van der Waals surface area contributed by atoms with Crippen LogP contribution in [0.2, 0.25) is 0 Å². The largest absolute Gasteiger partial charge is 0.464 e. The first-order chi connectivity index (χ1) is 12.2. The van der Waals surface area contributed by atoms with E-state index < -0.39 is 16.1 Å². The molecule has 0 amide bonds. The minimum Gasteiger partial charge on any atom is -0.464 e. The predicted molar refractivity (Wildman–Crippen MR) is 101 cm³/mol. The normalized spacial score (nSPS) is 11.9. The highest BCUT2D eigenvalue weighted by Crippen LogP contribution is 2.25. The second kappa shape index (κ2) is 8.37. The number of nitrogens with zero attached hydrogens (tertiary/aromatic N) is 1. The lowest BCUT2D eigenvalue weighted by molar-refractivity contribution is -0.132. The van der Waals surface area contributed by atoms with Gasteiger partial charge in [-0.1, -0.05) is 52.8 Å². The highest BCUT2D eigenvalue weighted by molar-refractivity contribution is 8.15. The minimum atomic E-state index is -4.18. The van der Waals surface area contributed by atoms with Crippen molar-refractivity contribution < 1.29 is 22.2 Å². The van der Waals surface area contributed by atoms with Gasteiger partial charge in [0.05, 0.1) is 7.11 Å². The topological polar surface area (TPSA) is 82.0 Å². The third-order valence-corrected chi connectivity index (χ3v) is 5.75. The van der Waals surface area contributed by atoms with Crippen LogP contribution in [-0.2, 0) is 23.9 Å². The number of ether oxygens (including phenoxy) is 1. The van der Waals surface area contributed by atoms with Gasteiger partial charge in [0.15, 0.2) is 0 Å². The summed E-state index contributed by atoms with van der Waals surface area (Å²) in [6.45, 7) is 5.24. The molecular weight excluding hydrogens is 374 g/mol. The lowest BCUT2D eigenvalue weighted by Gasteiger charge is -2.10. The average molecular weight is 393 g/mol. The summed E-state index contributed by atoms with van der Waals surface area (Å²) in [5.74, 6) is -0.786. The van der Waals surface area contributed by atoms with Crippen LogP contribution in [-0.4, -0.2) is 26.5 Å². The number of rotatable bonds is 4. The fraction of sp³-hybridized carbons (Fsp3) is 0.222. The van der Waals surface area contributed by atoms with Crippen molar-refractivity contribution in [2.45, 2.75) is 30.6 Å². The number of carbonyl (C=O) groups is 1. The highest BCUT2D eigenvalue weighted by atomic mass is 32.2. The number of carbonyl (C=O) groups excluding carboxylic acids is 1. The Labute approximate surface area is 157 Å². The van der Waals surface area contributed by atoms with Crippen molar-refractivity contribution in [2.24, 2.45) is 5.16 Å². The first-order valence-corrected chi connectivity index (χ1v) is 9.88. The van der Waals surface area contributed by atoms with Crippen molar-refractivity contribution >= 4 is 32.9 Å². The molecule has 6 nitrogen and oxygen atoms in total. The number of esters is 1. The highest BCUT2D eigenvalue weighted by Gasteiger charge is 2.24. The van der Waals surface area contributed by atoms with E-state index in [0.717, 1.165) is 17.3 Å². The Bertz CT molecular complexity index is 914. The number of thioether (sulfide) groups is 1. The molecule has 0 heterocycles. The zero-order valence-corrected chi connectivity index (χ0v) is 16.5. The third kappa shape index (κ3) is 4.86. The molecule has 0 aromatic heterocycles. The van der Waals surface area contributed by atoms with Crippen molar-refractivity contribution in [3.63, 3.8) is 0 Å². The molecule has 2 aromatic carbocycles. The van der Waals surface area contributed by atoms with E-state index in [-0.39, 0.29) is 9.94 Å². The number of aryl methyl sites for hydroxylation is 3. The Hall–Kier alpha value is -2.32. The molecule has 138 valence electrons. The van der Waals surface area contributed by atoms with E-state index in [1.165, 1.54) is 7.11 Å². The van der Waals surface area contributed by atoms with Gasteiger partial charge < -0.3 is 4.74 Å². The molecule has 0 N–H and O–H groups in total. The van der Waals surface area contributed by atoms with Gasteiger partial charge in [-0.25, -0.2) is 4.79 Å². The number of benzene rings is 2. The smallest absolute Gasteiger partial charge is 0.367 e. The van der Waals surface area contributed by atoms with Gasteiger partial charge in [0.1, 0.15) is 4.90 Å². The van der Waals surface area contributed by atoms with Gasteiger partial charge in [-0.2, -0.15) is 8.42 Å². The molecule has 0 aliphatic carbocycles. The maximum atomic E-state index is 12.6. The van der Waals surface area contributed by atoms with E-state index >= 15 is 0 Å². The Balaban J connectivity index is 2.35. The second-order valence-corrected chi connectivity index (χ2v) is 8.09. The first-order valence-electron chi connectivity index (χ1n) is 7.65. The standard InChI is InChI=1S/C18H19NO5S2/c1-12-10-13(2)16(14(3)11-12)26(21,22)24-19-17(18(20)23-4)25-15-8-6-5-7-9-15/h5-11H,1-4H3/b19-17-. The molecule has 0 saturated carbocycles. The molecule has 26 heavy (non-hydrogen) atoms. The monoisotopic (exact) mass is 393 g/mol. The average Bonchev–Trinajstić information content (AvgIpc) is 2.57. The Morgan fingerprint density at radius 2 is 1.62 bits per heavy atom. The lowest BCUT2D eigenvalue weighted by Crippen LogP contribution is -2.15. The summed E-state index contributed by atoms with van der Waals surface area (Å²) in [6.07, 6.45) is 0. The number of hydrogen-bond acceptors (Lipinski definition) is 7. The minimum absolute atomic E-state index is 0.0424. The zero-order chi connectivity index (χ0) is 19.3. The van der Waals surface area contributed by atoms with E-state index in [1.54, 1.807) is 50.2 Å². The molecule has 0 fully saturated rings. The van der Waals surface area contributed by atoms with Crippen LogP contribution in [0, 0.1) is 20.8 Å². The molecule has 0 radical (unpaired) electrons. The van der Waals surface area contributed by atoms with Crippen molar-refractivity contribution in [1.29, 1.82) is 0 Å². The van der Waals surface area contributed by atoms with E-state index in [1.807, 2.05) is 13.0 Å². The number of hydrogen-bond donors (Lipinski definition) is 0. The van der Waals surface area contributed by atoms with Crippen LogP contribution < -0.4 is 0 Å². The maximum Gasteiger partial charge on any atom is 0.367 e. The van der Waals surface area contributed by atoms with Gasteiger partial charge in [0.25, 0.3) is 0 Å². The Morgan fingerprint density at radius 1 is 1.04 bits per heavy atom.